The van der Waals surface area contributed by atoms with Gasteiger partial charge in [0, 0.05) is 10.1 Å². The number of methoxy groups -OCH3 is 1. The van der Waals surface area contributed by atoms with Crippen molar-refractivity contribution in [3.8, 4) is 5.75 Å². The summed E-state index contributed by atoms with van der Waals surface area (Å²) >= 11 is 7.54. The number of ether oxygens (including phenoxy) is 1. The molecule has 8 heteroatoms. The third-order valence-electron chi connectivity index (χ3n) is 3.67. The van der Waals surface area contributed by atoms with Crippen molar-refractivity contribution in [1.82, 2.24) is 10.7 Å². The van der Waals surface area contributed by atoms with Crippen LogP contribution in [0.15, 0.2) is 53.6 Å². The highest BCUT2D eigenvalue weighted by molar-refractivity contribution is 7.21. The van der Waals surface area contributed by atoms with Gasteiger partial charge in [0.2, 0.25) is 0 Å². The van der Waals surface area contributed by atoms with Gasteiger partial charge in [-0.05, 0) is 35.9 Å². The zero-order valence-electron chi connectivity index (χ0n) is 14.4. The number of hydrogen-bond acceptors (Lipinski definition) is 5. The number of carbonyl (C=O) groups excluding carboxylic acids is 2. The SMILES string of the molecule is COc1ccc(C=NNC(=O)CNC(=O)c2sc3ccccc3c2Cl)cc1. The van der Waals surface area contributed by atoms with E-state index in [1.165, 1.54) is 17.6 Å². The highest BCUT2D eigenvalue weighted by Crippen LogP contribution is 2.34. The van der Waals surface area contributed by atoms with Gasteiger partial charge in [-0.15, -0.1) is 11.3 Å². The molecule has 1 heterocycles. The van der Waals surface area contributed by atoms with Gasteiger partial charge >= 0.3 is 0 Å². The zero-order chi connectivity index (χ0) is 19.2. The Morgan fingerprint density at radius 2 is 1.93 bits per heavy atom. The van der Waals surface area contributed by atoms with E-state index in [0.717, 1.165) is 21.4 Å². The number of benzene rings is 2. The number of rotatable bonds is 6. The van der Waals surface area contributed by atoms with E-state index in [1.54, 1.807) is 31.4 Å². The predicted octanol–water partition coefficient (Wildman–Crippen LogP) is 3.44. The van der Waals surface area contributed by atoms with E-state index in [2.05, 4.69) is 15.8 Å². The number of nitrogens with one attached hydrogen (secondary N) is 2. The molecule has 0 aliphatic rings. The Labute approximate surface area is 164 Å². The Morgan fingerprint density at radius 3 is 2.63 bits per heavy atom. The molecule has 0 fully saturated rings. The molecule has 138 valence electrons. The quantitative estimate of drug-likeness (QED) is 0.490. The van der Waals surface area contributed by atoms with Crippen molar-refractivity contribution in [2.75, 3.05) is 13.7 Å². The summed E-state index contributed by atoms with van der Waals surface area (Å²) in [6.45, 7) is -0.205. The fourth-order valence-corrected chi connectivity index (χ4v) is 3.74. The third-order valence-corrected chi connectivity index (χ3v) is 5.34. The van der Waals surface area contributed by atoms with E-state index < -0.39 is 11.8 Å². The number of fused-ring (bicyclic) bond motifs is 1. The summed E-state index contributed by atoms with van der Waals surface area (Å²) in [5.74, 6) is -0.0976. The number of carbonyl (C=O) groups is 2. The average molecular weight is 402 g/mol. The molecule has 1 aromatic heterocycles. The Morgan fingerprint density at radius 1 is 1.19 bits per heavy atom. The van der Waals surface area contributed by atoms with Crippen molar-refractivity contribution >= 4 is 51.1 Å². The first-order valence-electron chi connectivity index (χ1n) is 7.99. The number of thiophene rings is 1. The molecule has 0 atom stereocenters. The van der Waals surface area contributed by atoms with Crippen LogP contribution < -0.4 is 15.5 Å². The summed E-state index contributed by atoms with van der Waals surface area (Å²) in [4.78, 5) is 24.5. The van der Waals surface area contributed by atoms with Crippen molar-refractivity contribution in [2.45, 2.75) is 0 Å². The van der Waals surface area contributed by atoms with Crippen molar-refractivity contribution in [1.29, 1.82) is 0 Å². The maximum absolute atomic E-state index is 12.3. The molecule has 0 bridgehead atoms. The Balaban J connectivity index is 1.52. The summed E-state index contributed by atoms with van der Waals surface area (Å²) in [6, 6.07) is 14.7. The van der Waals surface area contributed by atoms with E-state index in [-0.39, 0.29) is 6.54 Å². The smallest absolute Gasteiger partial charge is 0.263 e. The van der Waals surface area contributed by atoms with Crippen LogP contribution in [-0.2, 0) is 4.79 Å². The van der Waals surface area contributed by atoms with E-state index in [1.807, 2.05) is 24.3 Å². The molecular weight excluding hydrogens is 386 g/mol. The second kappa shape index (κ2) is 8.66. The van der Waals surface area contributed by atoms with Crippen molar-refractivity contribution in [2.24, 2.45) is 5.10 Å². The van der Waals surface area contributed by atoms with Crippen LogP contribution in [0.4, 0.5) is 0 Å². The molecule has 0 unspecified atom stereocenters. The van der Waals surface area contributed by atoms with Gasteiger partial charge in [0.25, 0.3) is 11.8 Å². The lowest BCUT2D eigenvalue weighted by molar-refractivity contribution is -0.120. The van der Waals surface area contributed by atoms with Crippen molar-refractivity contribution < 1.29 is 14.3 Å². The molecule has 3 aromatic rings. The topological polar surface area (TPSA) is 79.8 Å². The molecule has 0 saturated carbocycles. The monoisotopic (exact) mass is 401 g/mol. The molecule has 27 heavy (non-hydrogen) atoms. The van der Waals surface area contributed by atoms with Crippen LogP contribution in [0.2, 0.25) is 5.02 Å². The van der Waals surface area contributed by atoms with Gasteiger partial charge in [0.05, 0.1) is 24.9 Å². The van der Waals surface area contributed by atoms with Crippen molar-refractivity contribution in [3.63, 3.8) is 0 Å². The van der Waals surface area contributed by atoms with Crippen LogP contribution in [0, 0.1) is 0 Å². The second-order valence-electron chi connectivity index (χ2n) is 5.49. The molecule has 0 aliphatic carbocycles. The predicted molar refractivity (Wildman–Crippen MR) is 108 cm³/mol. The Bertz CT molecular complexity index is 999. The maximum atomic E-state index is 12.3. The lowest BCUT2D eigenvalue weighted by atomic mass is 10.2. The average Bonchev–Trinajstić information content (AvgIpc) is 3.04. The van der Waals surface area contributed by atoms with Crippen LogP contribution in [0.1, 0.15) is 15.2 Å². The number of hydrogen-bond donors (Lipinski definition) is 2. The number of hydrazone groups is 1. The number of nitrogens with zero attached hydrogens (tertiary/aromatic N) is 1. The van der Waals surface area contributed by atoms with Crippen LogP contribution >= 0.6 is 22.9 Å². The largest absolute Gasteiger partial charge is 0.497 e. The summed E-state index contributed by atoms with van der Waals surface area (Å²) in [6.07, 6.45) is 1.50. The molecule has 2 aromatic carbocycles. The Hall–Kier alpha value is -2.90. The number of halogens is 1. The molecule has 3 rings (SSSR count). The number of amides is 2. The molecular formula is C19H16ClN3O3S. The minimum atomic E-state index is -0.439. The summed E-state index contributed by atoms with van der Waals surface area (Å²) in [5.41, 5.74) is 3.17. The molecule has 6 nitrogen and oxygen atoms in total. The minimum absolute atomic E-state index is 0.205. The third kappa shape index (κ3) is 4.64. The minimum Gasteiger partial charge on any atom is -0.497 e. The van der Waals surface area contributed by atoms with Crippen LogP contribution in [0.3, 0.4) is 0 Å². The first-order chi connectivity index (χ1) is 13.1. The lowest BCUT2D eigenvalue weighted by Gasteiger charge is -2.03. The van der Waals surface area contributed by atoms with Crippen LogP contribution in [-0.4, -0.2) is 31.7 Å². The zero-order valence-corrected chi connectivity index (χ0v) is 15.9. The van der Waals surface area contributed by atoms with Crippen LogP contribution in [0.5, 0.6) is 5.75 Å². The van der Waals surface area contributed by atoms with Gasteiger partial charge in [-0.2, -0.15) is 5.10 Å². The normalized spacial score (nSPS) is 10.9. The van der Waals surface area contributed by atoms with Gasteiger partial charge < -0.3 is 10.1 Å². The van der Waals surface area contributed by atoms with Gasteiger partial charge in [0.1, 0.15) is 10.6 Å². The lowest BCUT2D eigenvalue weighted by Crippen LogP contribution is -2.34. The van der Waals surface area contributed by atoms with Gasteiger partial charge in [-0.25, -0.2) is 5.43 Å². The Kier molecular flexibility index (Phi) is 6.05. The molecule has 0 aliphatic heterocycles. The maximum Gasteiger partial charge on any atom is 0.263 e. The van der Waals surface area contributed by atoms with E-state index in [9.17, 15) is 9.59 Å². The summed E-state index contributed by atoms with van der Waals surface area (Å²) < 4.78 is 5.99. The standard InChI is InChI=1S/C19H16ClN3O3S/c1-26-13-8-6-12(7-9-13)10-22-23-16(24)11-21-19(25)18-17(20)14-4-2-3-5-15(14)27-18/h2-10H,11H2,1H3,(H,21,25)(H,23,24). The first kappa shape index (κ1) is 18.9. The summed E-state index contributed by atoms with van der Waals surface area (Å²) in [7, 11) is 1.59. The molecule has 2 amide bonds. The second-order valence-corrected chi connectivity index (χ2v) is 6.92. The summed E-state index contributed by atoms with van der Waals surface area (Å²) in [5, 5.41) is 7.63. The molecule has 0 radical (unpaired) electrons. The molecule has 0 spiro atoms. The van der Waals surface area contributed by atoms with Gasteiger partial charge in [-0.3, -0.25) is 9.59 Å². The highest BCUT2D eigenvalue weighted by atomic mass is 35.5. The van der Waals surface area contributed by atoms with Crippen molar-refractivity contribution in [3.05, 3.63) is 64.0 Å². The van der Waals surface area contributed by atoms with E-state index >= 15 is 0 Å². The fraction of sp³-hybridized carbons (Fsp3) is 0.105. The van der Waals surface area contributed by atoms with Gasteiger partial charge in [0.15, 0.2) is 0 Å². The fourth-order valence-electron chi connectivity index (χ4n) is 2.31. The van der Waals surface area contributed by atoms with Crippen LogP contribution in [0.25, 0.3) is 10.1 Å². The highest BCUT2D eigenvalue weighted by Gasteiger charge is 2.17. The molecule has 2 N–H and O–H groups in total. The van der Waals surface area contributed by atoms with E-state index in [4.69, 9.17) is 16.3 Å². The first-order valence-corrected chi connectivity index (χ1v) is 9.19. The van der Waals surface area contributed by atoms with Gasteiger partial charge in [-0.1, -0.05) is 29.8 Å². The van der Waals surface area contributed by atoms with E-state index in [0.29, 0.717) is 9.90 Å². The molecule has 0 saturated heterocycles.